The van der Waals surface area contributed by atoms with Crippen LogP contribution in [-0.4, -0.2) is 23.9 Å². The molecule has 1 aliphatic carbocycles. The zero-order valence-corrected chi connectivity index (χ0v) is 12.0. The third-order valence-corrected chi connectivity index (χ3v) is 4.07. The summed E-state index contributed by atoms with van der Waals surface area (Å²) in [4.78, 5) is 14.0. The standard InChI is InChI=1S/C15H26N2O/c1-12(2)4-9-15(18)17(3)14-7-5-13(6-8-14)10-11-16/h12-14H,4-10H2,1-3H3. The maximum Gasteiger partial charge on any atom is 0.222 e. The highest BCUT2D eigenvalue weighted by molar-refractivity contribution is 5.76. The molecule has 0 bridgehead atoms. The van der Waals surface area contributed by atoms with Crippen LogP contribution in [-0.2, 0) is 4.79 Å². The Kier molecular flexibility index (Phi) is 6.18. The summed E-state index contributed by atoms with van der Waals surface area (Å²) in [6.07, 6.45) is 6.66. The molecule has 0 saturated heterocycles. The van der Waals surface area contributed by atoms with Gasteiger partial charge in [-0.2, -0.15) is 5.26 Å². The van der Waals surface area contributed by atoms with Crippen molar-refractivity contribution in [2.45, 2.75) is 64.8 Å². The van der Waals surface area contributed by atoms with Gasteiger partial charge in [0.05, 0.1) is 6.07 Å². The van der Waals surface area contributed by atoms with E-state index in [0.717, 1.165) is 32.1 Å². The van der Waals surface area contributed by atoms with E-state index in [1.807, 2.05) is 11.9 Å². The molecule has 0 radical (unpaired) electrons. The first kappa shape index (κ1) is 15.0. The van der Waals surface area contributed by atoms with Crippen LogP contribution >= 0.6 is 0 Å². The number of carbonyl (C=O) groups is 1. The van der Waals surface area contributed by atoms with Crippen molar-refractivity contribution >= 4 is 5.91 Å². The summed E-state index contributed by atoms with van der Waals surface area (Å²) in [6.45, 7) is 4.31. The molecule has 1 aliphatic rings. The number of hydrogen-bond acceptors (Lipinski definition) is 2. The average molecular weight is 250 g/mol. The molecule has 1 rings (SSSR count). The zero-order chi connectivity index (χ0) is 13.5. The van der Waals surface area contributed by atoms with Gasteiger partial charge in [-0.25, -0.2) is 0 Å². The Hall–Kier alpha value is -1.04. The minimum Gasteiger partial charge on any atom is -0.343 e. The second kappa shape index (κ2) is 7.41. The van der Waals surface area contributed by atoms with Crippen LogP contribution in [0.5, 0.6) is 0 Å². The highest BCUT2D eigenvalue weighted by atomic mass is 16.2. The maximum absolute atomic E-state index is 12.0. The van der Waals surface area contributed by atoms with Gasteiger partial charge in [-0.15, -0.1) is 0 Å². The predicted octanol–water partition coefficient (Wildman–Crippen LogP) is 3.35. The van der Waals surface area contributed by atoms with Crippen molar-refractivity contribution in [3.63, 3.8) is 0 Å². The molecule has 0 heterocycles. The lowest BCUT2D eigenvalue weighted by Gasteiger charge is -2.34. The molecular weight excluding hydrogens is 224 g/mol. The second-order valence-corrected chi connectivity index (χ2v) is 5.97. The van der Waals surface area contributed by atoms with Crippen molar-refractivity contribution in [2.24, 2.45) is 11.8 Å². The molecule has 0 aliphatic heterocycles. The molecule has 1 amide bonds. The van der Waals surface area contributed by atoms with Crippen LogP contribution in [0.4, 0.5) is 0 Å². The van der Waals surface area contributed by atoms with E-state index in [9.17, 15) is 4.79 Å². The third-order valence-electron chi connectivity index (χ3n) is 4.07. The Balaban J connectivity index is 2.33. The third kappa shape index (κ3) is 4.68. The van der Waals surface area contributed by atoms with Gasteiger partial charge in [-0.1, -0.05) is 13.8 Å². The highest BCUT2D eigenvalue weighted by Gasteiger charge is 2.26. The molecule has 1 saturated carbocycles. The summed E-state index contributed by atoms with van der Waals surface area (Å²) in [5, 5.41) is 8.69. The van der Waals surface area contributed by atoms with Crippen molar-refractivity contribution in [2.75, 3.05) is 7.05 Å². The van der Waals surface area contributed by atoms with Gasteiger partial charge in [0.1, 0.15) is 0 Å². The van der Waals surface area contributed by atoms with Gasteiger partial charge in [0.25, 0.3) is 0 Å². The van der Waals surface area contributed by atoms with Gasteiger partial charge in [0.15, 0.2) is 0 Å². The van der Waals surface area contributed by atoms with E-state index >= 15 is 0 Å². The summed E-state index contributed by atoms with van der Waals surface area (Å²) in [7, 11) is 1.94. The molecule has 0 N–H and O–H groups in total. The SMILES string of the molecule is CC(C)CCC(=O)N(C)C1CCC(CC#N)CC1. The van der Waals surface area contributed by atoms with E-state index in [0.29, 0.717) is 30.7 Å². The van der Waals surface area contributed by atoms with Crippen LogP contribution in [0.25, 0.3) is 0 Å². The fraction of sp³-hybridized carbons (Fsp3) is 0.867. The Morgan fingerprint density at radius 1 is 1.33 bits per heavy atom. The molecule has 18 heavy (non-hydrogen) atoms. The Bertz CT molecular complexity index is 298. The minimum absolute atomic E-state index is 0.285. The molecule has 0 aromatic rings. The largest absolute Gasteiger partial charge is 0.343 e. The summed E-state index contributed by atoms with van der Waals surface area (Å²) in [5.41, 5.74) is 0. The quantitative estimate of drug-likeness (QED) is 0.751. The van der Waals surface area contributed by atoms with Crippen molar-refractivity contribution in [1.29, 1.82) is 5.26 Å². The van der Waals surface area contributed by atoms with Crippen LogP contribution in [0.3, 0.4) is 0 Å². The first-order chi connectivity index (χ1) is 8.54. The zero-order valence-electron chi connectivity index (χ0n) is 12.0. The maximum atomic E-state index is 12.0. The fourth-order valence-electron chi connectivity index (χ4n) is 2.66. The summed E-state index contributed by atoms with van der Waals surface area (Å²) in [6, 6.07) is 2.66. The predicted molar refractivity (Wildman–Crippen MR) is 72.8 cm³/mol. The molecule has 0 spiro atoms. The van der Waals surface area contributed by atoms with Gasteiger partial charge in [-0.3, -0.25) is 4.79 Å². The first-order valence-electron chi connectivity index (χ1n) is 7.17. The van der Waals surface area contributed by atoms with Crippen LogP contribution in [0.15, 0.2) is 0 Å². The van der Waals surface area contributed by atoms with E-state index in [1.165, 1.54) is 0 Å². The van der Waals surface area contributed by atoms with Gasteiger partial charge < -0.3 is 4.90 Å². The van der Waals surface area contributed by atoms with Crippen LogP contribution in [0.2, 0.25) is 0 Å². The topological polar surface area (TPSA) is 44.1 Å². The molecule has 3 nitrogen and oxygen atoms in total. The van der Waals surface area contributed by atoms with E-state index in [1.54, 1.807) is 0 Å². The van der Waals surface area contributed by atoms with E-state index in [4.69, 9.17) is 5.26 Å². The Morgan fingerprint density at radius 3 is 2.44 bits per heavy atom. The molecule has 0 atom stereocenters. The van der Waals surface area contributed by atoms with Crippen molar-refractivity contribution in [3.8, 4) is 6.07 Å². The Morgan fingerprint density at radius 2 is 1.94 bits per heavy atom. The van der Waals surface area contributed by atoms with E-state index in [-0.39, 0.29) is 5.91 Å². The second-order valence-electron chi connectivity index (χ2n) is 5.97. The lowest BCUT2D eigenvalue weighted by Crippen LogP contribution is -2.39. The lowest BCUT2D eigenvalue weighted by atomic mass is 9.84. The van der Waals surface area contributed by atoms with E-state index in [2.05, 4.69) is 19.9 Å². The number of amides is 1. The number of nitrogens with zero attached hydrogens (tertiary/aromatic N) is 2. The number of carbonyl (C=O) groups excluding carboxylic acids is 1. The number of rotatable bonds is 5. The summed E-state index contributed by atoms with van der Waals surface area (Å²) >= 11 is 0. The van der Waals surface area contributed by atoms with Crippen LogP contribution in [0, 0.1) is 23.2 Å². The van der Waals surface area contributed by atoms with Crippen molar-refractivity contribution in [3.05, 3.63) is 0 Å². The fourth-order valence-corrected chi connectivity index (χ4v) is 2.66. The van der Waals surface area contributed by atoms with Crippen molar-refractivity contribution < 1.29 is 4.79 Å². The normalized spacial score (nSPS) is 23.7. The molecule has 0 aromatic heterocycles. The van der Waals surface area contributed by atoms with Crippen LogP contribution in [0.1, 0.15) is 58.8 Å². The summed E-state index contributed by atoms with van der Waals surface area (Å²) in [5.74, 6) is 1.44. The molecule has 0 unspecified atom stereocenters. The van der Waals surface area contributed by atoms with Gasteiger partial charge in [-0.05, 0) is 43.9 Å². The number of nitriles is 1. The monoisotopic (exact) mass is 250 g/mol. The molecule has 3 heteroatoms. The molecule has 0 aromatic carbocycles. The van der Waals surface area contributed by atoms with Crippen LogP contribution < -0.4 is 0 Å². The molecule has 102 valence electrons. The van der Waals surface area contributed by atoms with Gasteiger partial charge >= 0.3 is 0 Å². The number of hydrogen-bond donors (Lipinski definition) is 0. The first-order valence-corrected chi connectivity index (χ1v) is 7.17. The minimum atomic E-state index is 0.285. The molecule has 1 fully saturated rings. The highest BCUT2D eigenvalue weighted by Crippen LogP contribution is 2.29. The van der Waals surface area contributed by atoms with E-state index < -0.39 is 0 Å². The Labute approximate surface area is 111 Å². The summed E-state index contributed by atoms with van der Waals surface area (Å²) < 4.78 is 0. The smallest absolute Gasteiger partial charge is 0.222 e. The van der Waals surface area contributed by atoms with Gasteiger partial charge in [0, 0.05) is 25.9 Å². The lowest BCUT2D eigenvalue weighted by molar-refractivity contribution is -0.133. The van der Waals surface area contributed by atoms with Gasteiger partial charge in [0.2, 0.25) is 5.91 Å². The average Bonchev–Trinajstić information content (AvgIpc) is 2.36. The van der Waals surface area contributed by atoms with Crippen molar-refractivity contribution in [1.82, 2.24) is 4.90 Å². The molecular formula is C15H26N2O.